The van der Waals surface area contributed by atoms with Crippen LogP contribution in [0.25, 0.3) is 11.1 Å². The van der Waals surface area contributed by atoms with Crippen LogP contribution in [0, 0.1) is 18.3 Å². The van der Waals surface area contributed by atoms with E-state index in [4.69, 9.17) is 6.42 Å². The molecule has 0 bridgehead atoms. The molecule has 0 saturated heterocycles. The van der Waals surface area contributed by atoms with Gasteiger partial charge in [0.15, 0.2) is 0 Å². The summed E-state index contributed by atoms with van der Waals surface area (Å²) in [6.07, 6.45) is 13.2. The molecule has 1 aliphatic rings. The lowest BCUT2D eigenvalue weighted by molar-refractivity contribution is 0.739. The van der Waals surface area contributed by atoms with Crippen molar-refractivity contribution in [3.8, 4) is 12.3 Å². The molecule has 0 heteroatoms. The first kappa shape index (κ1) is 11.5. The van der Waals surface area contributed by atoms with Crippen molar-refractivity contribution in [2.24, 2.45) is 5.92 Å². The van der Waals surface area contributed by atoms with Gasteiger partial charge in [-0.15, -0.1) is 6.42 Å². The number of terminal acetylenes is 1. The summed E-state index contributed by atoms with van der Waals surface area (Å²) in [4.78, 5) is 0. The zero-order chi connectivity index (χ0) is 12.3. The lowest BCUT2D eigenvalue weighted by Gasteiger charge is -2.12. The van der Waals surface area contributed by atoms with E-state index in [0.29, 0.717) is 5.92 Å². The quantitative estimate of drug-likeness (QED) is 0.651. The van der Waals surface area contributed by atoms with Crippen LogP contribution in [0.5, 0.6) is 0 Å². The molecule has 0 nitrogen and oxygen atoms in total. The van der Waals surface area contributed by atoms with E-state index < -0.39 is 0 Å². The molecule has 0 unspecified atom stereocenters. The second-order valence-electron chi connectivity index (χ2n) is 4.43. The highest BCUT2D eigenvalue weighted by Crippen LogP contribution is 2.25. The number of benzene rings is 1. The number of allylic oxidation sites excluding steroid dienone is 5. The summed E-state index contributed by atoms with van der Waals surface area (Å²) in [6, 6.07) is 8.27. The Morgan fingerprint density at radius 3 is 2.59 bits per heavy atom. The predicted molar refractivity (Wildman–Crippen MR) is 75.2 cm³/mol. The molecule has 0 amide bonds. The lowest BCUT2D eigenvalue weighted by Crippen LogP contribution is -1.94. The summed E-state index contributed by atoms with van der Waals surface area (Å²) in [5.41, 5.74) is 4.28. The van der Waals surface area contributed by atoms with Gasteiger partial charge in [0.25, 0.3) is 0 Å². The summed E-state index contributed by atoms with van der Waals surface area (Å²) < 4.78 is 0. The van der Waals surface area contributed by atoms with Crippen LogP contribution in [0.3, 0.4) is 0 Å². The summed E-state index contributed by atoms with van der Waals surface area (Å²) in [5, 5.41) is 0. The van der Waals surface area contributed by atoms with Crippen molar-refractivity contribution in [3.63, 3.8) is 0 Å². The third-order valence-electron chi connectivity index (χ3n) is 3.05. The smallest absolute Gasteiger partial charge is 0.0243 e. The van der Waals surface area contributed by atoms with Crippen LogP contribution in [0.15, 0.2) is 49.1 Å². The molecule has 1 aromatic carbocycles. The van der Waals surface area contributed by atoms with Gasteiger partial charge in [0, 0.05) is 5.57 Å². The van der Waals surface area contributed by atoms with Crippen molar-refractivity contribution in [3.05, 3.63) is 60.2 Å². The van der Waals surface area contributed by atoms with E-state index in [9.17, 15) is 0 Å². The highest BCUT2D eigenvalue weighted by Gasteiger charge is 2.05. The van der Waals surface area contributed by atoms with E-state index in [1.807, 2.05) is 12.1 Å². The summed E-state index contributed by atoms with van der Waals surface area (Å²) >= 11 is 0. The normalized spacial score (nSPS) is 18.4. The van der Waals surface area contributed by atoms with Gasteiger partial charge in [0.05, 0.1) is 0 Å². The maximum Gasteiger partial charge on any atom is 0.0243 e. The first-order valence-corrected chi connectivity index (χ1v) is 5.85. The van der Waals surface area contributed by atoms with Crippen LogP contribution >= 0.6 is 0 Å². The minimum atomic E-state index is 0.652. The zero-order valence-electron chi connectivity index (χ0n) is 10.1. The fraction of sp³-hybridized carbons (Fsp3) is 0.176. The van der Waals surface area contributed by atoms with Crippen LogP contribution in [-0.4, -0.2) is 0 Å². The second-order valence-corrected chi connectivity index (χ2v) is 4.43. The van der Waals surface area contributed by atoms with Gasteiger partial charge in [0.2, 0.25) is 0 Å². The van der Waals surface area contributed by atoms with Crippen LogP contribution in [0.2, 0.25) is 0 Å². The zero-order valence-corrected chi connectivity index (χ0v) is 10.1. The number of hydrogen-bond acceptors (Lipinski definition) is 0. The Balaban J connectivity index is 2.23. The first-order valence-electron chi connectivity index (χ1n) is 5.85. The highest BCUT2D eigenvalue weighted by atomic mass is 14.1. The van der Waals surface area contributed by atoms with Gasteiger partial charge >= 0.3 is 0 Å². The monoisotopic (exact) mass is 220 g/mol. The molecule has 0 fully saturated rings. The van der Waals surface area contributed by atoms with E-state index in [-0.39, 0.29) is 0 Å². The molecule has 0 spiro atoms. The lowest BCUT2D eigenvalue weighted by atomic mass is 9.93. The van der Waals surface area contributed by atoms with E-state index in [0.717, 1.165) is 17.6 Å². The third kappa shape index (κ3) is 2.57. The van der Waals surface area contributed by atoms with Crippen LogP contribution < -0.4 is 0 Å². The Hall–Kier alpha value is -2.00. The van der Waals surface area contributed by atoms with Crippen molar-refractivity contribution < 1.29 is 0 Å². The van der Waals surface area contributed by atoms with Gasteiger partial charge in [-0.1, -0.05) is 61.9 Å². The van der Waals surface area contributed by atoms with Crippen LogP contribution in [-0.2, 0) is 0 Å². The standard InChI is InChI=1S/C17H16/c1-4-14(3)15-9-11-17(12-10-15)16-7-5-13(2)6-8-16/h1,5,7-13H,3,6H2,2H3/t13-/m0/s1. The molecule has 0 saturated carbocycles. The molecule has 0 N–H and O–H groups in total. The molecule has 1 aliphatic carbocycles. The van der Waals surface area contributed by atoms with Crippen molar-refractivity contribution in [2.75, 3.05) is 0 Å². The predicted octanol–water partition coefficient (Wildman–Crippen LogP) is 4.31. The molecular weight excluding hydrogens is 204 g/mol. The Morgan fingerprint density at radius 2 is 2.06 bits per heavy atom. The Bertz CT molecular complexity index is 518. The Morgan fingerprint density at radius 1 is 1.35 bits per heavy atom. The summed E-state index contributed by atoms with van der Waals surface area (Å²) in [5.74, 6) is 3.22. The Labute approximate surface area is 103 Å². The highest BCUT2D eigenvalue weighted by molar-refractivity contribution is 5.79. The molecule has 17 heavy (non-hydrogen) atoms. The van der Waals surface area contributed by atoms with Gasteiger partial charge in [-0.2, -0.15) is 0 Å². The van der Waals surface area contributed by atoms with E-state index >= 15 is 0 Å². The SMILES string of the molecule is C#CC(=C)c1ccc(C2=CC[C@@H](C)C=C2)cc1. The van der Waals surface area contributed by atoms with Crippen LogP contribution in [0.1, 0.15) is 24.5 Å². The molecule has 0 aliphatic heterocycles. The summed E-state index contributed by atoms with van der Waals surface area (Å²) in [6.45, 7) is 6.06. The van der Waals surface area contributed by atoms with Gasteiger partial charge < -0.3 is 0 Å². The minimum Gasteiger partial charge on any atom is -0.115 e. The van der Waals surface area contributed by atoms with E-state index in [2.05, 4.69) is 49.8 Å². The maximum atomic E-state index is 5.33. The van der Waals surface area contributed by atoms with Gasteiger partial charge in [-0.3, -0.25) is 0 Å². The molecule has 0 radical (unpaired) electrons. The van der Waals surface area contributed by atoms with Gasteiger partial charge in [0.1, 0.15) is 0 Å². The fourth-order valence-electron chi connectivity index (χ4n) is 1.89. The number of hydrogen-bond donors (Lipinski definition) is 0. The fourth-order valence-corrected chi connectivity index (χ4v) is 1.89. The molecule has 0 heterocycles. The van der Waals surface area contributed by atoms with Gasteiger partial charge in [-0.25, -0.2) is 0 Å². The van der Waals surface area contributed by atoms with Crippen molar-refractivity contribution >= 4 is 11.1 Å². The van der Waals surface area contributed by atoms with Crippen molar-refractivity contribution in [2.45, 2.75) is 13.3 Å². The largest absolute Gasteiger partial charge is 0.115 e. The third-order valence-corrected chi connectivity index (χ3v) is 3.05. The average molecular weight is 220 g/mol. The second kappa shape index (κ2) is 4.89. The molecule has 1 atom stereocenters. The Kier molecular flexibility index (Phi) is 3.30. The van der Waals surface area contributed by atoms with Crippen molar-refractivity contribution in [1.29, 1.82) is 0 Å². The van der Waals surface area contributed by atoms with E-state index in [1.165, 1.54) is 11.1 Å². The van der Waals surface area contributed by atoms with Crippen LogP contribution in [0.4, 0.5) is 0 Å². The minimum absolute atomic E-state index is 0.652. The summed E-state index contributed by atoms with van der Waals surface area (Å²) in [7, 11) is 0. The van der Waals surface area contributed by atoms with E-state index in [1.54, 1.807) is 0 Å². The first-order chi connectivity index (χ1) is 8.20. The van der Waals surface area contributed by atoms with Crippen molar-refractivity contribution in [1.82, 2.24) is 0 Å². The number of rotatable bonds is 2. The molecular formula is C17H16. The molecule has 1 aromatic rings. The maximum absolute atomic E-state index is 5.33. The molecule has 0 aromatic heterocycles. The average Bonchev–Trinajstić information content (AvgIpc) is 2.39. The van der Waals surface area contributed by atoms with Gasteiger partial charge in [-0.05, 0) is 29.0 Å². The topological polar surface area (TPSA) is 0 Å². The molecule has 84 valence electrons. The molecule has 2 rings (SSSR count).